The van der Waals surface area contributed by atoms with E-state index in [4.69, 9.17) is 11.6 Å². The first-order valence-corrected chi connectivity index (χ1v) is 8.41. The van der Waals surface area contributed by atoms with Crippen LogP contribution >= 0.6 is 23.4 Å². The maximum absolute atomic E-state index is 9.29. The average Bonchev–Trinajstić information content (AvgIpc) is 3.24. The van der Waals surface area contributed by atoms with Crippen LogP contribution in [0.3, 0.4) is 0 Å². The summed E-state index contributed by atoms with van der Waals surface area (Å²) < 4.78 is 0. The molecule has 0 saturated heterocycles. The molecule has 0 amide bonds. The highest BCUT2D eigenvalue weighted by molar-refractivity contribution is 7.99. The minimum absolute atomic E-state index is 0.367. The Morgan fingerprint density at radius 3 is 3.00 bits per heavy atom. The van der Waals surface area contributed by atoms with Crippen LogP contribution < -0.4 is 5.32 Å². The van der Waals surface area contributed by atoms with Crippen molar-refractivity contribution >= 4 is 23.4 Å². The molecule has 1 unspecified atom stereocenters. The molecule has 1 heterocycles. The van der Waals surface area contributed by atoms with Crippen molar-refractivity contribution in [1.29, 1.82) is 5.26 Å². The fourth-order valence-corrected chi connectivity index (χ4v) is 3.23. The molecule has 1 aromatic rings. The molecule has 1 aromatic heterocycles. The summed E-state index contributed by atoms with van der Waals surface area (Å²) in [7, 11) is 0. The van der Waals surface area contributed by atoms with Crippen molar-refractivity contribution in [1.82, 2.24) is 10.3 Å². The van der Waals surface area contributed by atoms with E-state index in [1.54, 1.807) is 18.0 Å². The highest BCUT2D eigenvalue weighted by Crippen LogP contribution is 2.27. The highest BCUT2D eigenvalue weighted by atomic mass is 35.5. The summed E-state index contributed by atoms with van der Waals surface area (Å²) in [5, 5.41) is 14.3. The van der Waals surface area contributed by atoms with Crippen molar-refractivity contribution < 1.29 is 0 Å². The third-order valence-electron chi connectivity index (χ3n) is 3.38. The maximum Gasteiger partial charge on any atom is 0.115 e. The third-order valence-corrected chi connectivity index (χ3v) is 4.89. The SMILES string of the molecule is CC(C#N)(CCCCSc1ncccc1Cl)NC1CC1. The van der Waals surface area contributed by atoms with Gasteiger partial charge in [0, 0.05) is 12.2 Å². The van der Waals surface area contributed by atoms with Crippen LogP contribution in [0.1, 0.15) is 39.0 Å². The number of hydrogen-bond acceptors (Lipinski definition) is 4. The van der Waals surface area contributed by atoms with Gasteiger partial charge >= 0.3 is 0 Å². The maximum atomic E-state index is 9.29. The van der Waals surface area contributed by atoms with Crippen LogP contribution in [0, 0.1) is 11.3 Å². The van der Waals surface area contributed by atoms with Crippen molar-refractivity contribution in [2.24, 2.45) is 0 Å². The normalized spacial score (nSPS) is 17.4. The fourth-order valence-electron chi connectivity index (χ4n) is 2.07. The predicted molar refractivity (Wildman–Crippen MR) is 84.0 cm³/mol. The van der Waals surface area contributed by atoms with Gasteiger partial charge in [-0.15, -0.1) is 11.8 Å². The zero-order valence-electron chi connectivity index (χ0n) is 11.7. The lowest BCUT2D eigenvalue weighted by Gasteiger charge is -2.23. The van der Waals surface area contributed by atoms with Crippen LogP contribution in [-0.2, 0) is 0 Å². The van der Waals surface area contributed by atoms with Crippen molar-refractivity contribution in [3.05, 3.63) is 23.4 Å². The van der Waals surface area contributed by atoms with Crippen LogP contribution in [0.25, 0.3) is 0 Å². The van der Waals surface area contributed by atoms with Gasteiger partial charge in [-0.25, -0.2) is 4.98 Å². The van der Waals surface area contributed by atoms with Crippen LogP contribution in [0.5, 0.6) is 0 Å². The predicted octanol–water partition coefficient (Wildman–Crippen LogP) is 4.03. The Bertz CT molecular complexity index is 484. The van der Waals surface area contributed by atoms with Gasteiger partial charge in [0.1, 0.15) is 10.6 Å². The molecule has 3 nitrogen and oxygen atoms in total. The zero-order valence-corrected chi connectivity index (χ0v) is 13.3. The Morgan fingerprint density at radius 2 is 2.35 bits per heavy atom. The lowest BCUT2D eigenvalue weighted by Crippen LogP contribution is -2.42. The summed E-state index contributed by atoms with van der Waals surface area (Å²) in [4.78, 5) is 4.25. The number of aromatic nitrogens is 1. The second-order valence-corrected chi connectivity index (χ2v) is 6.95. The van der Waals surface area contributed by atoms with E-state index in [1.807, 2.05) is 19.1 Å². The number of nitriles is 1. The number of hydrogen-bond donors (Lipinski definition) is 1. The number of halogens is 1. The minimum Gasteiger partial charge on any atom is -0.297 e. The molecule has 1 atom stereocenters. The molecule has 1 fully saturated rings. The van der Waals surface area contributed by atoms with Gasteiger partial charge in [-0.3, -0.25) is 5.32 Å². The summed E-state index contributed by atoms with van der Waals surface area (Å²) in [6.07, 6.45) is 7.20. The Kier molecular flexibility index (Phi) is 5.71. The molecule has 1 aliphatic rings. The summed E-state index contributed by atoms with van der Waals surface area (Å²) in [5.74, 6) is 0.988. The quantitative estimate of drug-likeness (QED) is 0.582. The topological polar surface area (TPSA) is 48.7 Å². The second-order valence-electron chi connectivity index (χ2n) is 5.46. The van der Waals surface area contributed by atoms with E-state index >= 15 is 0 Å². The molecule has 20 heavy (non-hydrogen) atoms. The summed E-state index contributed by atoms with van der Waals surface area (Å²) >= 11 is 7.75. The van der Waals surface area contributed by atoms with Gasteiger partial charge in [-0.1, -0.05) is 11.6 Å². The molecule has 0 aromatic carbocycles. The van der Waals surface area contributed by atoms with Crippen molar-refractivity contribution in [3.63, 3.8) is 0 Å². The minimum atomic E-state index is -0.367. The van der Waals surface area contributed by atoms with Gasteiger partial charge in [-0.05, 0) is 56.9 Å². The number of nitrogens with zero attached hydrogens (tertiary/aromatic N) is 2. The van der Waals surface area contributed by atoms with E-state index in [2.05, 4.69) is 16.4 Å². The first-order valence-electron chi connectivity index (χ1n) is 7.05. The molecule has 0 bridgehead atoms. The van der Waals surface area contributed by atoms with E-state index in [-0.39, 0.29) is 5.54 Å². The molecule has 0 radical (unpaired) electrons. The van der Waals surface area contributed by atoms with Gasteiger partial charge in [0.25, 0.3) is 0 Å². The van der Waals surface area contributed by atoms with E-state index in [1.165, 1.54) is 12.8 Å². The molecule has 0 spiro atoms. The lowest BCUT2D eigenvalue weighted by molar-refractivity contribution is 0.402. The first-order chi connectivity index (χ1) is 9.63. The van der Waals surface area contributed by atoms with Crippen molar-refractivity contribution in [3.8, 4) is 6.07 Å². The third kappa shape index (κ3) is 4.97. The Labute approximate surface area is 130 Å². The number of nitrogens with one attached hydrogen (secondary N) is 1. The molecule has 2 rings (SSSR count). The second kappa shape index (κ2) is 7.31. The molecule has 5 heteroatoms. The summed E-state index contributed by atoms with van der Waals surface area (Å²) in [6.45, 7) is 2.01. The number of rotatable bonds is 8. The van der Waals surface area contributed by atoms with Crippen molar-refractivity contribution in [2.75, 3.05) is 5.75 Å². The van der Waals surface area contributed by atoms with E-state index in [0.29, 0.717) is 6.04 Å². The van der Waals surface area contributed by atoms with Crippen LogP contribution in [0.2, 0.25) is 5.02 Å². The molecular formula is C15H20ClN3S. The monoisotopic (exact) mass is 309 g/mol. The first kappa shape index (κ1) is 15.6. The standard InChI is InChI=1S/C15H20ClN3S/c1-15(11-17,19-12-6-7-12)8-2-3-10-20-14-13(16)5-4-9-18-14/h4-5,9,12,19H,2-3,6-8,10H2,1H3. The Hall–Kier alpha value is -0.760. The zero-order chi connectivity index (χ0) is 14.4. The van der Waals surface area contributed by atoms with E-state index in [9.17, 15) is 5.26 Å². The van der Waals surface area contributed by atoms with Gasteiger partial charge in [0.15, 0.2) is 0 Å². The molecule has 1 aliphatic carbocycles. The average molecular weight is 310 g/mol. The fraction of sp³-hybridized carbons (Fsp3) is 0.600. The summed E-state index contributed by atoms with van der Waals surface area (Å²) in [5.41, 5.74) is -0.367. The van der Waals surface area contributed by atoms with Gasteiger partial charge in [-0.2, -0.15) is 5.26 Å². The van der Waals surface area contributed by atoms with Crippen LogP contribution in [0.15, 0.2) is 23.4 Å². The molecular weight excluding hydrogens is 290 g/mol. The van der Waals surface area contributed by atoms with Gasteiger partial charge in [0.05, 0.1) is 11.1 Å². The van der Waals surface area contributed by atoms with E-state index < -0.39 is 0 Å². The molecule has 1 saturated carbocycles. The van der Waals surface area contributed by atoms with Crippen LogP contribution in [0.4, 0.5) is 0 Å². The number of unbranched alkanes of at least 4 members (excludes halogenated alkanes) is 1. The molecule has 0 aliphatic heterocycles. The smallest absolute Gasteiger partial charge is 0.115 e. The van der Waals surface area contributed by atoms with Crippen molar-refractivity contribution in [2.45, 2.75) is 55.6 Å². The number of pyridine rings is 1. The Balaban J connectivity index is 1.66. The van der Waals surface area contributed by atoms with Gasteiger partial charge < -0.3 is 0 Å². The molecule has 1 N–H and O–H groups in total. The molecule has 108 valence electrons. The largest absolute Gasteiger partial charge is 0.297 e. The van der Waals surface area contributed by atoms with E-state index in [0.717, 1.165) is 35.1 Å². The van der Waals surface area contributed by atoms with Gasteiger partial charge in [0.2, 0.25) is 0 Å². The lowest BCUT2D eigenvalue weighted by atomic mass is 9.96. The Morgan fingerprint density at radius 1 is 1.55 bits per heavy atom. The number of thioether (sulfide) groups is 1. The summed E-state index contributed by atoms with van der Waals surface area (Å²) in [6, 6.07) is 6.69. The van der Waals surface area contributed by atoms with Crippen LogP contribution in [-0.4, -0.2) is 22.3 Å². The highest BCUT2D eigenvalue weighted by Gasteiger charge is 2.31.